The van der Waals surface area contributed by atoms with Gasteiger partial charge in [-0.1, -0.05) is 23.7 Å². The fourth-order valence-corrected chi connectivity index (χ4v) is 2.01. The third-order valence-corrected chi connectivity index (χ3v) is 3.45. The number of amides is 1. The lowest BCUT2D eigenvalue weighted by Gasteiger charge is -2.34. The topological polar surface area (TPSA) is 46.3 Å². The summed E-state index contributed by atoms with van der Waals surface area (Å²) in [7, 11) is 0. The van der Waals surface area contributed by atoms with Gasteiger partial charge in [0.15, 0.2) is 0 Å². The number of rotatable bonds is 5. The monoisotopic (exact) mass is 282 g/mol. The van der Waals surface area contributed by atoms with E-state index in [0.29, 0.717) is 18.1 Å². The average molecular weight is 283 g/mol. The van der Waals surface area contributed by atoms with Crippen LogP contribution in [0.3, 0.4) is 0 Å². The molecule has 0 unspecified atom stereocenters. The summed E-state index contributed by atoms with van der Waals surface area (Å²) >= 11 is 5.98. The summed E-state index contributed by atoms with van der Waals surface area (Å²) in [5.74, 6) is 0.0741. The number of hydrogen-bond donors (Lipinski definition) is 1. The van der Waals surface area contributed by atoms with Gasteiger partial charge in [-0.3, -0.25) is 4.79 Å². The van der Waals surface area contributed by atoms with Crippen molar-refractivity contribution in [1.29, 1.82) is 0 Å². The fourth-order valence-electron chi connectivity index (χ4n) is 1.80. The summed E-state index contributed by atoms with van der Waals surface area (Å²) in [6.07, 6.45) is 0. The average Bonchev–Trinajstić information content (AvgIpc) is 2.35. The van der Waals surface area contributed by atoms with E-state index in [1.807, 2.05) is 56.9 Å². The third kappa shape index (κ3) is 4.22. The zero-order valence-corrected chi connectivity index (χ0v) is 12.9. The molecule has 106 valence electrons. The Morgan fingerprint density at radius 1 is 1.42 bits per heavy atom. The molecule has 0 heterocycles. The van der Waals surface area contributed by atoms with E-state index in [1.54, 1.807) is 0 Å². The second-order valence-corrected chi connectivity index (χ2v) is 6.18. The summed E-state index contributed by atoms with van der Waals surface area (Å²) in [6.45, 7) is 8.67. The molecule has 0 aromatic heterocycles. The lowest BCUT2D eigenvalue weighted by Crippen LogP contribution is -2.47. The second-order valence-electron chi connectivity index (χ2n) is 5.74. The predicted octanol–water partition coefficient (Wildman–Crippen LogP) is 3.06. The van der Waals surface area contributed by atoms with Crippen LogP contribution in [-0.2, 0) is 11.3 Å². The Morgan fingerprint density at radius 3 is 2.53 bits per heavy atom. The predicted molar refractivity (Wildman–Crippen MR) is 80.0 cm³/mol. The Hall–Kier alpha value is -1.06. The van der Waals surface area contributed by atoms with Crippen molar-refractivity contribution < 1.29 is 4.79 Å². The zero-order chi connectivity index (χ0) is 14.6. The van der Waals surface area contributed by atoms with Crippen LogP contribution in [0.5, 0.6) is 0 Å². The molecule has 0 atom stereocenters. The van der Waals surface area contributed by atoms with Crippen LogP contribution in [0.15, 0.2) is 24.3 Å². The van der Waals surface area contributed by atoms with Crippen LogP contribution >= 0.6 is 11.6 Å². The third-order valence-electron chi connectivity index (χ3n) is 3.22. The van der Waals surface area contributed by atoms with Crippen LogP contribution in [-0.4, -0.2) is 23.4 Å². The molecule has 19 heavy (non-hydrogen) atoms. The van der Waals surface area contributed by atoms with Crippen LogP contribution in [0.25, 0.3) is 0 Å². The molecule has 0 radical (unpaired) electrons. The van der Waals surface area contributed by atoms with Crippen molar-refractivity contribution in [1.82, 2.24) is 4.90 Å². The van der Waals surface area contributed by atoms with Gasteiger partial charge in [0.25, 0.3) is 0 Å². The molecule has 0 fully saturated rings. The molecule has 1 amide bonds. The smallest absolute Gasteiger partial charge is 0.230 e. The van der Waals surface area contributed by atoms with E-state index < -0.39 is 5.41 Å². The zero-order valence-electron chi connectivity index (χ0n) is 12.1. The van der Waals surface area contributed by atoms with E-state index >= 15 is 0 Å². The van der Waals surface area contributed by atoms with E-state index in [9.17, 15) is 4.79 Å². The van der Waals surface area contributed by atoms with Gasteiger partial charge in [0.2, 0.25) is 5.91 Å². The maximum Gasteiger partial charge on any atom is 0.230 e. The quantitative estimate of drug-likeness (QED) is 0.902. The summed E-state index contributed by atoms with van der Waals surface area (Å²) in [6, 6.07) is 7.71. The van der Waals surface area contributed by atoms with Gasteiger partial charge in [-0.2, -0.15) is 0 Å². The molecular weight excluding hydrogens is 260 g/mol. The summed E-state index contributed by atoms with van der Waals surface area (Å²) in [4.78, 5) is 14.4. The van der Waals surface area contributed by atoms with Crippen LogP contribution in [0, 0.1) is 5.41 Å². The van der Waals surface area contributed by atoms with Crippen LogP contribution in [0.4, 0.5) is 0 Å². The number of carbonyl (C=O) groups is 1. The molecule has 0 saturated carbocycles. The SMILES string of the molecule is CC(C)N(Cc1cccc(Cl)c1)C(=O)C(C)(C)CN. The van der Waals surface area contributed by atoms with Crippen molar-refractivity contribution in [3.05, 3.63) is 34.9 Å². The molecule has 2 N–H and O–H groups in total. The number of halogens is 1. The van der Waals surface area contributed by atoms with Gasteiger partial charge >= 0.3 is 0 Å². The van der Waals surface area contributed by atoms with Crippen molar-refractivity contribution in [3.63, 3.8) is 0 Å². The van der Waals surface area contributed by atoms with E-state index in [4.69, 9.17) is 17.3 Å². The maximum absolute atomic E-state index is 12.5. The van der Waals surface area contributed by atoms with Crippen LogP contribution in [0.2, 0.25) is 5.02 Å². The normalized spacial score (nSPS) is 11.7. The van der Waals surface area contributed by atoms with Gasteiger partial charge in [-0.25, -0.2) is 0 Å². The standard InChI is InChI=1S/C15H23ClN2O/c1-11(2)18(14(19)15(3,4)10-17)9-12-6-5-7-13(16)8-12/h5-8,11H,9-10,17H2,1-4H3. The van der Waals surface area contributed by atoms with Crippen molar-refractivity contribution in [3.8, 4) is 0 Å². The van der Waals surface area contributed by atoms with E-state index in [-0.39, 0.29) is 11.9 Å². The fraction of sp³-hybridized carbons (Fsp3) is 0.533. The molecule has 0 bridgehead atoms. The Bertz CT molecular complexity index is 444. The summed E-state index contributed by atoms with van der Waals surface area (Å²) in [5.41, 5.74) is 6.19. The molecule has 4 heteroatoms. The Balaban J connectivity index is 2.94. The molecule has 1 aromatic rings. The van der Waals surface area contributed by atoms with Crippen molar-refractivity contribution >= 4 is 17.5 Å². The van der Waals surface area contributed by atoms with Crippen molar-refractivity contribution in [2.45, 2.75) is 40.3 Å². The lowest BCUT2D eigenvalue weighted by molar-refractivity contribution is -0.142. The highest BCUT2D eigenvalue weighted by Gasteiger charge is 2.31. The molecule has 3 nitrogen and oxygen atoms in total. The Labute approximate surface area is 120 Å². The molecule has 1 rings (SSSR count). The van der Waals surface area contributed by atoms with E-state index in [0.717, 1.165) is 5.56 Å². The minimum Gasteiger partial charge on any atom is -0.335 e. The van der Waals surface area contributed by atoms with Gasteiger partial charge in [-0.05, 0) is 45.4 Å². The molecular formula is C15H23ClN2O. The van der Waals surface area contributed by atoms with Crippen molar-refractivity contribution in [2.24, 2.45) is 11.1 Å². The first-order chi connectivity index (χ1) is 8.77. The minimum absolute atomic E-state index is 0.0741. The molecule has 0 spiro atoms. The molecule has 0 aliphatic heterocycles. The molecule has 0 aliphatic carbocycles. The van der Waals surface area contributed by atoms with Crippen molar-refractivity contribution in [2.75, 3.05) is 6.54 Å². The summed E-state index contributed by atoms with van der Waals surface area (Å²) < 4.78 is 0. The van der Waals surface area contributed by atoms with Crippen LogP contribution in [0.1, 0.15) is 33.3 Å². The lowest BCUT2D eigenvalue weighted by atomic mass is 9.91. The maximum atomic E-state index is 12.5. The number of benzene rings is 1. The van der Waals surface area contributed by atoms with Gasteiger partial charge in [-0.15, -0.1) is 0 Å². The van der Waals surface area contributed by atoms with Gasteiger partial charge in [0.05, 0.1) is 5.41 Å². The number of nitrogens with two attached hydrogens (primary N) is 1. The second kappa shape index (κ2) is 6.40. The number of hydrogen-bond acceptors (Lipinski definition) is 2. The first-order valence-corrected chi connectivity index (χ1v) is 6.91. The summed E-state index contributed by atoms with van der Waals surface area (Å²) in [5, 5.41) is 0.687. The minimum atomic E-state index is -0.539. The van der Waals surface area contributed by atoms with Crippen LogP contribution < -0.4 is 5.73 Å². The Kier molecular flexibility index (Phi) is 5.39. The van der Waals surface area contributed by atoms with Gasteiger partial charge < -0.3 is 10.6 Å². The highest BCUT2D eigenvalue weighted by Crippen LogP contribution is 2.21. The van der Waals surface area contributed by atoms with Gasteiger partial charge in [0, 0.05) is 24.2 Å². The first kappa shape index (κ1) is 16.0. The molecule has 0 saturated heterocycles. The number of nitrogens with zero attached hydrogens (tertiary/aromatic N) is 1. The largest absolute Gasteiger partial charge is 0.335 e. The van der Waals surface area contributed by atoms with Gasteiger partial charge in [0.1, 0.15) is 0 Å². The number of carbonyl (C=O) groups excluding carboxylic acids is 1. The molecule has 1 aromatic carbocycles. The first-order valence-electron chi connectivity index (χ1n) is 6.53. The van der Waals surface area contributed by atoms with E-state index in [1.165, 1.54) is 0 Å². The Morgan fingerprint density at radius 2 is 2.05 bits per heavy atom. The highest BCUT2D eigenvalue weighted by atomic mass is 35.5. The molecule has 0 aliphatic rings. The highest BCUT2D eigenvalue weighted by molar-refractivity contribution is 6.30. The van der Waals surface area contributed by atoms with E-state index in [2.05, 4.69) is 0 Å².